The summed E-state index contributed by atoms with van der Waals surface area (Å²) in [5.41, 5.74) is 5.46. The van der Waals surface area contributed by atoms with Crippen LogP contribution in [0, 0.1) is 0 Å². The number of nitrogens with two attached hydrogens (primary N) is 1. The summed E-state index contributed by atoms with van der Waals surface area (Å²) in [7, 11) is -1.80. The molecule has 7 nitrogen and oxygen atoms in total. The molecule has 8 heteroatoms. The summed E-state index contributed by atoms with van der Waals surface area (Å²) in [5, 5.41) is 0. The maximum absolute atomic E-state index is 11.9. The fourth-order valence-corrected chi connectivity index (χ4v) is 3.04. The van der Waals surface area contributed by atoms with Crippen LogP contribution in [-0.4, -0.2) is 77.2 Å². The zero-order valence-corrected chi connectivity index (χ0v) is 11.8. The second-order valence-electron chi connectivity index (χ2n) is 4.28. The summed E-state index contributed by atoms with van der Waals surface area (Å²) in [6, 6.07) is 0. The lowest BCUT2D eigenvalue weighted by Gasteiger charge is -2.33. The molecule has 0 aromatic rings. The van der Waals surface area contributed by atoms with E-state index in [1.165, 1.54) is 4.31 Å². The van der Waals surface area contributed by atoms with Crippen molar-refractivity contribution in [2.75, 3.05) is 59.5 Å². The Balaban J connectivity index is 2.32. The molecule has 1 aliphatic heterocycles. The summed E-state index contributed by atoms with van der Waals surface area (Å²) in [6.07, 6.45) is 0.957. The van der Waals surface area contributed by atoms with E-state index in [0.29, 0.717) is 32.8 Å². The number of nitrogens with one attached hydrogen (secondary N) is 1. The van der Waals surface area contributed by atoms with E-state index in [9.17, 15) is 8.42 Å². The Morgan fingerprint density at radius 2 is 1.94 bits per heavy atom. The third kappa shape index (κ3) is 5.17. The van der Waals surface area contributed by atoms with E-state index in [2.05, 4.69) is 9.62 Å². The second kappa shape index (κ2) is 8.03. The molecule has 0 aliphatic carbocycles. The van der Waals surface area contributed by atoms with Gasteiger partial charge in [0.2, 0.25) is 0 Å². The van der Waals surface area contributed by atoms with Gasteiger partial charge in [-0.3, -0.25) is 0 Å². The van der Waals surface area contributed by atoms with Gasteiger partial charge in [0.05, 0.1) is 6.61 Å². The van der Waals surface area contributed by atoms with Gasteiger partial charge in [-0.05, 0) is 19.5 Å². The molecule has 3 N–H and O–H groups in total. The van der Waals surface area contributed by atoms with Gasteiger partial charge < -0.3 is 15.4 Å². The molecule has 108 valence electrons. The van der Waals surface area contributed by atoms with E-state index < -0.39 is 10.2 Å². The third-order valence-corrected chi connectivity index (χ3v) is 4.55. The lowest BCUT2D eigenvalue weighted by molar-refractivity contribution is 0.183. The summed E-state index contributed by atoms with van der Waals surface area (Å²) >= 11 is 0. The average molecular weight is 280 g/mol. The molecular weight excluding hydrogens is 256 g/mol. The first kappa shape index (κ1) is 15.8. The number of methoxy groups -OCH3 is 1. The van der Waals surface area contributed by atoms with Gasteiger partial charge in [0.15, 0.2) is 0 Å². The Bertz CT molecular complexity index is 315. The number of nitrogens with zero attached hydrogens (tertiary/aromatic N) is 2. The minimum absolute atomic E-state index is 0.312. The van der Waals surface area contributed by atoms with Crippen molar-refractivity contribution in [3.8, 4) is 0 Å². The predicted molar refractivity (Wildman–Crippen MR) is 70.5 cm³/mol. The van der Waals surface area contributed by atoms with E-state index in [0.717, 1.165) is 26.1 Å². The molecule has 0 aromatic heterocycles. The second-order valence-corrected chi connectivity index (χ2v) is 6.03. The lowest BCUT2D eigenvalue weighted by Crippen LogP contribution is -2.52. The van der Waals surface area contributed by atoms with E-state index in [-0.39, 0.29) is 0 Å². The molecule has 0 amide bonds. The number of hydrogen-bond donors (Lipinski definition) is 2. The van der Waals surface area contributed by atoms with E-state index in [1.54, 1.807) is 7.11 Å². The fraction of sp³-hybridized carbons (Fsp3) is 1.00. The minimum atomic E-state index is -3.35. The van der Waals surface area contributed by atoms with Crippen LogP contribution in [0.5, 0.6) is 0 Å². The van der Waals surface area contributed by atoms with Gasteiger partial charge in [-0.2, -0.15) is 17.4 Å². The first-order valence-corrected chi connectivity index (χ1v) is 7.70. The van der Waals surface area contributed by atoms with Gasteiger partial charge in [-0.1, -0.05) is 0 Å². The van der Waals surface area contributed by atoms with E-state index >= 15 is 0 Å². The summed E-state index contributed by atoms with van der Waals surface area (Å²) in [5.74, 6) is 0. The summed E-state index contributed by atoms with van der Waals surface area (Å²) < 4.78 is 32.6. The van der Waals surface area contributed by atoms with Crippen molar-refractivity contribution in [2.24, 2.45) is 5.73 Å². The van der Waals surface area contributed by atoms with Crippen molar-refractivity contribution >= 4 is 10.2 Å². The normalized spacial score (nSPS) is 19.2. The maximum Gasteiger partial charge on any atom is 0.279 e. The molecule has 1 rings (SSSR count). The van der Waals surface area contributed by atoms with Crippen molar-refractivity contribution in [3.63, 3.8) is 0 Å². The van der Waals surface area contributed by atoms with Crippen molar-refractivity contribution < 1.29 is 13.2 Å². The Labute approximate surface area is 109 Å². The summed E-state index contributed by atoms with van der Waals surface area (Å²) in [6.45, 7) is 4.93. The molecule has 0 atom stereocenters. The van der Waals surface area contributed by atoms with Crippen LogP contribution in [0.2, 0.25) is 0 Å². The molecule has 18 heavy (non-hydrogen) atoms. The standard InChI is InChI=1S/C10H24N4O3S/c1-17-10-4-12-18(15,16)14-8-6-13(7-9-14)5-2-3-11/h12H,2-11H2,1H3. The van der Waals surface area contributed by atoms with Crippen LogP contribution >= 0.6 is 0 Å². The van der Waals surface area contributed by atoms with Gasteiger partial charge in [0.25, 0.3) is 10.2 Å². The Kier molecular flexibility index (Phi) is 7.05. The molecule has 0 unspecified atom stereocenters. The molecule has 0 saturated carbocycles. The molecular formula is C10H24N4O3S. The van der Waals surface area contributed by atoms with Crippen molar-refractivity contribution in [1.82, 2.24) is 13.9 Å². The highest BCUT2D eigenvalue weighted by molar-refractivity contribution is 7.87. The zero-order chi connectivity index (χ0) is 13.4. The van der Waals surface area contributed by atoms with Crippen molar-refractivity contribution in [2.45, 2.75) is 6.42 Å². The topological polar surface area (TPSA) is 87.9 Å². The molecule has 1 saturated heterocycles. The Hall–Kier alpha value is -0.250. The van der Waals surface area contributed by atoms with Crippen LogP contribution in [0.15, 0.2) is 0 Å². The molecule has 0 bridgehead atoms. The number of hydrogen-bond acceptors (Lipinski definition) is 5. The van der Waals surface area contributed by atoms with Gasteiger partial charge in [0, 0.05) is 39.8 Å². The molecule has 0 aromatic carbocycles. The Morgan fingerprint density at radius 1 is 1.28 bits per heavy atom. The molecule has 1 fully saturated rings. The van der Waals surface area contributed by atoms with Crippen LogP contribution in [0.1, 0.15) is 6.42 Å². The molecule has 1 aliphatic rings. The molecule has 1 heterocycles. The van der Waals surface area contributed by atoms with Crippen molar-refractivity contribution in [3.05, 3.63) is 0 Å². The molecule has 0 spiro atoms. The van der Waals surface area contributed by atoms with Gasteiger partial charge in [-0.25, -0.2) is 0 Å². The number of piperazine rings is 1. The number of ether oxygens (including phenoxy) is 1. The fourth-order valence-electron chi connectivity index (χ4n) is 1.87. The SMILES string of the molecule is COCCNS(=O)(=O)N1CCN(CCCN)CC1. The zero-order valence-electron chi connectivity index (χ0n) is 11.0. The highest BCUT2D eigenvalue weighted by Gasteiger charge is 2.25. The smallest absolute Gasteiger partial charge is 0.279 e. The monoisotopic (exact) mass is 280 g/mol. The quantitative estimate of drug-likeness (QED) is 0.525. The highest BCUT2D eigenvalue weighted by Crippen LogP contribution is 2.06. The van der Waals surface area contributed by atoms with Gasteiger partial charge in [-0.15, -0.1) is 0 Å². The van der Waals surface area contributed by atoms with Crippen LogP contribution in [0.3, 0.4) is 0 Å². The van der Waals surface area contributed by atoms with Crippen LogP contribution in [-0.2, 0) is 14.9 Å². The van der Waals surface area contributed by atoms with Crippen LogP contribution in [0.25, 0.3) is 0 Å². The first-order valence-electron chi connectivity index (χ1n) is 6.26. The largest absolute Gasteiger partial charge is 0.383 e. The van der Waals surface area contributed by atoms with Crippen molar-refractivity contribution in [1.29, 1.82) is 0 Å². The predicted octanol–water partition coefficient (Wildman–Crippen LogP) is -1.57. The van der Waals surface area contributed by atoms with Gasteiger partial charge >= 0.3 is 0 Å². The lowest BCUT2D eigenvalue weighted by atomic mass is 10.3. The van der Waals surface area contributed by atoms with E-state index in [1.807, 2.05) is 0 Å². The molecule has 0 radical (unpaired) electrons. The summed E-state index contributed by atoms with van der Waals surface area (Å²) in [4.78, 5) is 2.24. The minimum Gasteiger partial charge on any atom is -0.383 e. The van der Waals surface area contributed by atoms with E-state index in [4.69, 9.17) is 10.5 Å². The Morgan fingerprint density at radius 3 is 2.50 bits per heavy atom. The third-order valence-electron chi connectivity index (χ3n) is 2.94. The van der Waals surface area contributed by atoms with Crippen LogP contribution < -0.4 is 10.5 Å². The first-order chi connectivity index (χ1) is 8.60. The maximum atomic E-state index is 11.9. The average Bonchev–Trinajstić information content (AvgIpc) is 2.37. The number of rotatable bonds is 8. The van der Waals surface area contributed by atoms with Crippen LogP contribution in [0.4, 0.5) is 0 Å². The highest BCUT2D eigenvalue weighted by atomic mass is 32.2. The van der Waals surface area contributed by atoms with Gasteiger partial charge in [0.1, 0.15) is 0 Å².